The van der Waals surface area contributed by atoms with Crippen LogP contribution in [0.25, 0.3) is 0 Å². The molecule has 1 aliphatic rings. The van der Waals surface area contributed by atoms with Crippen LogP contribution in [0.1, 0.15) is 25.8 Å². The Bertz CT molecular complexity index is 684. The third-order valence-corrected chi connectivity index (χ3v) is 5.83. The topological polar surface area (TPSA) is 110 Å². The molecule has 0 saturated heterocycles. The molecule has 116 valence electrons. The van der Waals surface area contributed by atoms with Gasteiger partial charge < -0.3 is 5.11 Å². The molecule has 0 heterocycles. The predicted octanol–water partition coefficient (Wildman–Crippen LogP) is 1.34. The minimum Gasteiger partial charge on any atom is -0.392 e. The van der Waals surface area contributed by atoms with E-state index in [2.05, 4.69) is 4.72 Å². The van der Waals surface area contributed by atoms with Gasteiger partial charge in [0.25, 0.3) is 5.69 Å². The number of rotatable bonds is 4. The van der Waals surface area contributed by atoms with Crippen molar-refractivity contribution in [2.24, 2.45) is 5.41 Å². The number of hydrogen-bond donors (Lipinski definition) is 2. The minimum atomic E-state index is -4.02. The lowest BCUT2D eigenvalue weighted by Crippen LogP contribution is -2.61. The van der Waals surface area contributed by atoms with Crippen molar-refractivity contribution in [3.63, 3.8) is 0 Å². The Hall–Kier alpha value is -1.51. The molecular weight excluding hydrogens is 296 g/mol. The maximum atomic E-state index is 12.5. The Kier molecular flexibility index (Phi) is 3.81. The second kappa shape index (κ2) is 5.04. The predicted molar refractivity (Wildman–Crippen MR) is 76.3 cm³/mol. The Morgan fingerprint density at radius 3 is 2.52 bits per heavy atom. The first-order valence-electron chi connectivity index (χ1n) is 6.52. The van der Waals surface area contributed by atoms with Gasteiger partial charge in [0, 0.05) is 17.5 Å². The Balaban J connectivity index is 2.40. The van der Waals surface area contributed by atoms with Gasteiger partial charge in [0.1, 0.15) is 0 Å². The average molecular weight is 314 g/mol. The lowest BCUT2D eigenvalue weighted by molar-refractivity contribution is -0.387. The molecule has 8 heteroatoms. The minimum absolute atomic E-state index is 0.298. The largest absolute Gasteiger partial charge is 0.392 e. The molecule has 7 nitrogen and oxygen atoms in total. The number of aliphatic hydroxyl groups is 1. The Morgan fingerprint density at radius 2 is 2.05 bits per heavy atom. The molecule has 2 N–H and O–H groups in total. The van der Waals surface area contributed by atoms with Gasteiger partial charge in [-0.2, -0.15) is 0 Å². The van der Waals surface area contributed by atoms with E-state index in [-0.39, 0.29) is 4.90 Å². The van der Waals surface area contributed by atoms with Gasteiger partial charge in [-0.25, -0.2) is 13.1 Å². The summed E-state index contributed by atoms with van der Waals surface area (Å²) in [6.07, 6.45) is -0.289. The number of nitro benzene ring substituents is 1. The SMILES string of the molecule is Cc1cccc([N+](=O)[O-])c1S(=O)(=O)NC1CC(O)C1(C)C. The third-order valence-electron chi connectivity index (χ3n) is 4.17. The van der Waals surface area contributed by atoms with Gasteiger partial charge in [-0.1, -0.05) is 26.0 Å². The monoisotopic (exact) mass is 314 g/mol. The van der Waals surface area contributed by atoms with E-state index >= 15 is 0 Å². The van der Waals surface area contributed by atoms with Gasteiger partial charge in [-0.3, -0.25) is 10.1 Å². The van der Waals surface area contributed by atoms with E-state index in [9.17, 15) is 23.6 Å². The van der Waals surface area contributed by atoms with Gasteiger partial charge in [0.2, 0.25) is 10.0 Å². The highest BCUT2D eigenvalue weighted by Gasteiger charge is 2.49. The maximum absolute atomic E-state index is 12.5. The van der Waals surface area contributed by atoms with Crippen molar-refractivity contribution in [3.05, 3.63) is 33.9 Å². The summed E-state index contributed by atoms with van der Waals surface area (Å²) in [6.45, 7) is 5.02. The van der Waals surface area contributed by atoms with Gasteiger partial charge in [-0.15, -0.1) is 0 Å². The Labute approximate surface area is 123 Å². The summed E-state index contributed by atoms with van der Waals surface area (Å²) >= 11 is 0. The van der Waals surface area contributed by atoms with Crippen LogP contribution in [-0.2, 0) is 10.0 Å². The summed E-state index contributed by atoms with van der Waals surface area (Å²) in [5.41, 5.74) is -0.723. The lowest BCUT2D eigenvalue weighted by Gasteiger charge is -2.49. The molecule has 1 aromatic rings. The van der Waals surface area contributed by atoms with Crippen molar-refractivity contribution in [1.29, 1.82) is 0 Å². The van der Waals surface area contributed by atoms with E-state index in [0.717, 1.165) is 0 Å². The van der Waals surface area contributed by atoms with Crippen LogP contribution >= 0.6 is 0 Å². The van der Waals surface area contributed by atoms with Crippen LogP contribution in [0.4, 0.5) is 5.69 Å². The summed E-state index contributed by atoms with van der Waals surface area (Å²) in [6, 6.07) is 3.69. The van der Waals surface area contributed by atoms with Crippen molar-refractivity contribution in [3.8, 4) is 0 Å². The van der Waals surface area contributed by atoms with E-state index in [1.807, 2.05) is 0 Å². The first-order valence-corrected chi connectivity index (χ1v) is 8.00. The average Bonchev–Trinajstić information content (AvgIpc) is 2.37. The number of nitro groups is 1. The molecular formula is C13H18N2O5S. The molecule has 1 fully saturated rings. The van der Waals surface area contributed by atoms with E-state index in [4.69, 9.17) is 0 Å². The number of aliphatic hydroxyl groups excluding tert-OH is 1. The van der Waals surface area contributed by atoms with Crippen LogP contribution in [0, 0.1) is 22.5 Å². The van der Waals surface area contributed by atoms with Crippen LogP contribution in [-0.4, -0.2) is 30.6 Å². The summed E-state index contributed by atoms with van der Waals surface area (Å²) in [7, 11) is -4.02. The van der Waals surface area contributed by atoms with E-state index in [1.165, 1.54) is 25.1 Å². The smallest absolute Gasteiger partial charge is 0.289 e. The highest BCUT2D eigenvalue weighted by atomic mass is 32.2. The molecule has 0 aliphatic heterocycles. The van der Waals surface area contributed by atoms with Crippen molar-refractivity contribution >= 4 is 15.7 Å². The second-order valence-corrected chi connectivity index (χ2v) is 7.58. The second-order valence-electron chi connectivity index (χ2n) is 5.93. The molecule has 0 radical (unpaired) electrons. The van der Waals surface area contributed by atoms with Crippen LogP contribution in [0.2, 0.25) is 0 Å². The number of nitrogens with zero attached hydrogens (tertiary/aromatic N) is 1. The zero-order valence-electron chi connectivity index (χ0n) is 12.0. The molecule has 0 spiro atoms. The molecule has 1 saturated carbocycles. The van der Waals surface area contributed by atoms with Crippen molar-refractivity contribution in [1.82, 2.24) is 4.72 Å². The lowest BCUT2D eigenvalue weighted by atomic mass is 9.65. The first-order chi connectivity index (χ1) is 9.57. The van der Waals surface area contributed by atoms with Crippen LogP contribution in [0.5, 0.6) is 0 Å². The summed E-state index contributed by atoms with van der Waals surface area (Å²) in [5.74, 6) is 0. The molecule has 21 heavy (non-hydrogen) atoms. The fourth-order valence-corrected chi connectivity index (χ4v) is 4.28. The Morgan fingerprint density at radius 1 is 1.43 bits per heavy atom. The summed E-state index contributed by atoms with van der Waals surface area (Å²) in [5, 5.41) is 20.7. The molecule has 1 aromatic carbocycles. The van der Waals surface area contributed by atoms with Gasteiger partial charge in [0.05, 0.1) is 11.0 Å². The molecule has 2 unspecified atom stereocenters. The number of hydrogen-bond acceptors (Lipinski definition) is 5. The van der Waals surface area contributed by atoms with Gasteiger partial charge >= 0.3 is 0 Å². The van der Waals surface area contributed by atoms with Crippen LogP contribution in [0.15, 0.2) is 23.1 Å². The summed E-state index contributed by atoms with van der Waals surface area (Å²) in [4.78, 5) is 10.0. The normalized spacial score (nSPS) is 24.4. The van der Waals surface area contributed by atoms with E-state index in [0.29, 0.717) is 12.0 Å². The fourth-order valence-electron chi connectivity index (χ4n) is 2.48. The standard InChI is InChI=1S/C13H18N2O5S/c1-8-5-4-6-9(15(17)18)12(8)21(19,20)14-10-7-11(16)13(10,2)3/h4-6,10-11,14,16H,7H2,1-3H3. The quantitative estimate of drug-likeness (QED) is 0.644. The fraction of sp³-hybridized carbons (Fsp3) is 0.538. The maximum Gasteiger partial charge on any atom is 0.289 e. The molecule has 0 bridgehead atoms. The number of aryl methyl sites for hydroxylation is 1. The highest BCUT2D eigenvalue weighted by Crippen LogP contribution is 2.41. The third kappa shape index (κ3) is 2.66. The molecule has 2 rings (SSSR count). The number of nitrogens with one attached hydrogen (secondary N) is 1. The van der Waals surface area contributed by atoms with E-state index < -0.39 is 38.2 Å². The number of benzene rings is 1. The zero-order chi connectivity index (χ0) is 16.0. The number of sulfonamides is 1. The first kappa shape index (κ1) is 15.9. The van der Waals surface area contributed by atoms with Gasteiger partial charge in [0.15, 0.2) is 4.90 Å². The zero-order valence-corrected chi connectivity index (χ0v) is 12.8. The van der Waals surface area contributed by atoms with Gasteiger partial charge in [-0.05, 0) is 18.9 Å². The highest BCUT2D eigenvalue weighted by molar-refractivity contribution is 7.89. The molecule has 0 aromatic heterocycles. The summed E-state index contributed by atoms with van der Waals surface area (Å²) < 4.78 is 27.4. The molecule has 0 amide bonds. The molecule has 2 atom stereocenters. The van der Waals surface area contributed by atoms with E-state index in [1.54, 1.807) is 13.8 Å². The van der Waals surface area contributed by atoms with Crippen molar-refractivity contribution in [2.75, 3.05) is 0 Å². The molecule has 1 aliphatic carbocycles. The van der Waals surface area contributed by atoms with Crippen LogP contribution < -0.4 is 4.72 Å². The van der Waals surface area contributed by atoms with Crippen molar-refractivity contribution in [2.45, 2.75) is 44.2 Å². The van der Waals surface area contributed by atoms with Crippen LogP contribution in [0.3, 0.4) is 0 Å². The van der Waals surface area contributed by atoms with Crippen molar-refractivity contribution < 1.29 is 18.4 Å².